The summed E-state index contributed by atoms with van der Waals surface area (Å²) in [6, 6.07) is 12.9. The van der Waals surface area contributed by atoms with Crippen molar-refractivity contribution >= 4 is 33.8 Å². The van der Waals surface area contributed by atoms with E-state index in [1.165, 1.54) is 6.92 Å². The lowest BCUT2D eigenvalue weighted by molar-refractivity contribution is 0.0940. The minimum absolute atomic E-state index is 0.0774. The molecule has 3 N–H and O–H groups in total. The number of carbonyl (C=O) groups is 2. The van der Waals surface area contributed by atoms with Gasteiger partial charge in [-0.15, -0.1) is 0 Å². The second kappa shape index (κ2) is 5.06. The first kappa shape index (κ1) is 14.2. The Morgan fingerprint density at radius 1 is 1.12 bits per heavy atom. The van der Waals surface area contributed by atoms with Gasteiger partial charge in [-0.1, -0.05) is 24.3 Å². The van der Waals surface area contributed by atoms with Gasteiger partial charge in [0, 0.05) is 24.1 Å². The molecule has 0 aliphatic rings. The molecule has 0 radical (unpaired) electrons. The number of benzene rings is 2. The highest BCUT2D eigenvalue weighted by Gasteiger charge is 2.17. The molecule has 6 heteroatoms. The number of fused-ring (bicyclic) bond motifs is 2. The zero-order valence-corrected chi connectivity index (χ0v) is 12.9. The third-order valence-electron chi connectivity index (χ3n) is 4.08. The van der Waals surface area contributed by atoms with Gasteiger partial charge in [0.1, 0.15) is 11.3 Å². The average molecular weight is 318 g/mol. The van der Waals surface area contributed by atoms with E-state index in [9.17, 15) is 9.59 Å². The summed E-state index contributed by atoms with van der Waals surface area (Å²) >= 11 is 0. The third kappa shape index (κ3) is 2.00. The summed E-state index contributed by atoms with van der Waals surface area (Å²) < 4.78 is 1.59. The molecule has 0 atom stereocenters. The number of carbonyl (C=O) groups excluding carboxylic acids is 2. The minimum atomic E-state index is -0.523. The fourth-order valence-electron chi connectivity index (χ4n) is 2.99. The SMILES string of the molecule is CC(=O)n1cc(-c2nc3c(C(N)=O)cccc3[nH]2)c2ccccc21. The maximum absolute atomic E-state index is 11.9. The van der Waals surface area contributed by atoms with Crippen LogP contribution in [0.4, 0.5) is 0 Å². The summed E-state index contributed by atoms with van der Waals surface area (Å²) in [6.45, 7) is 1.51. The number of hydrogen-bond donors (Lipinski definition) is 2. The summed E-state index contributed by atoms with van der Waals surface area (Å²) in [5.41, 5.74) is 8.65. The van der Waals surface area contributed by atoms with Gasteiger partial charge in [-0.05, 0) is 18.2 Å². The number of para-hydroxylation sites is 2. The molecule has 4 aromatic rings. The lowest BCUT2D eigenvalue weighted by Crippen LogP contribution is -2.11. The first-order valence-electron chi connectivity index (χ1n) is 7.46. The fourth-order valence-corrected chi connectivity index (χ4v) is 2.99. The number of amides is 1. The van der Waals surface area contributed by atoms with Crippen molar-refractivity contribution in [3.8, 4) is 11.4 Å². The number of nitrogens with two attached hydrogens (primary N) is 1. The molecule has 0 aliphatic carbocycles. The molecule has 4 rings (SSSR count). The topological polar surface area (TPSA) is 93.8 Å². The molecule has 118 valence electrons. The normalized spacial score (nSPS) is 11.2. The van der Waals surface area contributed by atoms with Crippen LogP contribution in [0.3, 0.4) is 0 Å². The summed E-state index contributed by atoms with van der Waals surface area (Å²) in [5, 5.41) is 0.910. The Balaban J connectivity index is 2.02. The zero-order valence-electron chi connectivity index (χ0n) is 12.9. The lowest BCUT2D eigenvalue weighted by Gasteiger charge is -1.96. The molecule has 0 spiro atoms. The molecule has 2 heterocycles. The van der Waals surface area contributed by atoms with E-state index in [0.29, 0.717) is 16.9 Å². The highest BCUT2D eigenvalue weighted by atomic mass is 16.2. The smallest absolute Gasteiger partial charge is 0.250 e. The first-order valence-corrected chi connectivity index (χ1v) is 7.46. The van der Waals surface area contributed by atoms with Crippen molar-refractivity contribution in [1.82, 2.24) is 14.5 Å². The van der Waals surface area contributed by atoms with Gasteiger partial charge in [-0.2, -0.15) is 0 Å². The molecule has 1 amide bonds. The van der Waals surface area contributed by atoms with Gasteiger partial charge in [-0.25, -0.2) is 4.98 Å². The highest BCUT2D eigenvalue weighted by Crippen LogP contribution is 2.30. The second-order valence-electron chi connectivity index (χ2n) is 5.60. The van der Waals surface area contributed by atoms with Crippen LogP contribution < -0.4 is 5.73 Å². The fraction of sp³-hybridized carbons (Fsp3) is 0.0556. The Kier molecular flexibility index (Phi) is 2.99. The monoisotopic (exact) mass is 318 g/mol. The van der Waals surface area contributed by atoms with E-state index in [4.69, 9.17) is 5.73 Å². The van der Waals surface area contributed by atoms with E-state index in [2.05, 4.69) is 9.97 Å². The van der Waals surface area contributed by atoms with Gasteiger partial charge in [0.05, 0.1) is 16.6 Å². The quantitative estimate of drug-likeness (QED) is 0.595. The van der Waals surface area contributed by atoms with Crippen LogP contribution in [0.1, 0.15) is 22.1 Å². The molecule has 6 nitrogen and oxygen atoms in total. The van der Waals surface area contributed by atoms with Gasteiger partial charge >= 0.3 is 0 Å². The summed E-state index contributed by atoms with van der Waals surface area (Å²) in [4.78, 5) is 31.2. The summed E-state index contributed by atoms with van der Waals surface area (Å²) in [6.07, 6.45) is 1.76. The molecular formula is C18H14N4O2. The molecule has 0 aliphatic heterocycles. The van der Waals surface area contributed by atoms with Crippen molar-refractivity contribution in [2.24, 2.45) is 5.73 Å². The number of imidazole rings is 1. The Morgan fingerprint density at radius 3 is 2.67 bits per heavy atom. The number of nitrogens with zero attached hydrogens (tertiary/aromatic N) is 2. The van der Waals surface area contributed by atoms with Crippen molar-refractivity contribution in [3.63, 3.8) is 0 Å². The maximum Gasteiger partial charge on any atom is 0.250 e. The van der Waals surface area contributed by atoms with Crippen molar-refractivity contribution in [2.45, 2.75) is 6.92 Å². The van der Waals surface area contributed by atoms with Crippen molar-refractivity contribution < 1.29 is 9.59 Å². The van der Waals surface area contributed by atoms with E-state index in [1.54, 1.807) is 22.9 Å². The van der Waals surface area contributed by atoms with Crippen LogP contribution in [-0.4, -0.2) is 26.3 Å². The van der Waals surface area contributed by atoms with E-state index in [0.717, 1.165) is 22.0 Å². The molecule has 0 bridgehead atoms. The van der Waals surface area contributed by atoms with Crippen LogP contribution in [0.15, 0.2) is 48.7 Å². The first-order chi connectivity index (χ1) is 11.6. The summed E-state index contributed by atoms with van der Waals surface area (Å²) in [7, 11) is 0. The molecule has 0 saturated carbocycles. The molecule has 2 aromatic carbocycles. The number of rotatable bonds is 2. The number of aromatic amines is 1. The standard InChI is InChI=1S/C18H14N4O2/c1-10(23)22-9-13(11-5-2-3-8-15(11)22)18-20-14-7-4-6-12(17(19)24)16(14)21-18/h2-9H,1H3,(H2,19,24)(H,20,21). The minimum Gasteiger partial charge on any atom is -0.366 e. The molecule has 2 aromatic heterocycles. The molecule has 0 unspecified atom stereocenters. The van der Waals surface area contributed by atoms with Gasteiger partial charge in [-0.3, -0.25) is 14.2 Å². The van der Waals surface area contributed by atoms with E-state index < -0.39 is 5.91 Å². The number of hydrogen-bond acceptors (Lipinski definition) is 3. The predicted octanol–water partition coefficient (Wildman–Crippen LogP) is 2.94. The van der Waals surface area contributed by atoms with Crippen LogP contribution >= 0.6 is 0 Å². The van der Waals surface area contributed by atoms with Crippen molar-refractivity contribution in [1.29, 1.82) is 0 Å². The third-order valence-corrected chi connectivity index (χ3v) is 4.08. The van der Waals surface area contributed by atoms with Crippen LogP contribution in [0.5, 0.6) is 0 Å². The Bertz CT molecular complexity index is 1120. The van der Waals surface area contributed by atoms with Crippen molar-refractivity contribution in [3.05, 3.63) is 54.2 Å². The van der Waals surface area contributed by atoms with Gasteiger partial charge in [0.25, 0.3) is 5.91 Å². The number of nitrogens with one attached hydrogen (secondary N) is 1. The van der Waals surface area contributed by atoms with Crippen molar-refractivity contribution in [2.75, 3.05) is 0 Å². The lowest BCUT2D eigenvalue weighted by atomic mass is 10.1. The number of H-pyrrole nitrogens is 1. The largest absolute Gasteiger partial charge is 0.366 e. The molecular weight excluding hydrogens is 304 g/mol. The van der Waals surface area contributed by atoms with Gasteiger partial charge in [0.15, 0.2) is 0 Å². The molecule has 0 fully saturated rings. The maximum atomic E-state index is 11.9. The highest BCUT2D eigenvalue weighted by molar-refractivity contribution is 6.06. The Labute approximate surface area is 136 Å². The van der Waals surface area contributed by atoms with Gasteiger partial charge < -0.3 is 10.7 Å². The second-order valence-corrected chi connectivity index (χ2v) is 5.60. The Hall–Kier alpha value is -3.41. The molecule has 0 saturated heterocycles. The van der Waals surface area contributed by atoms with E-state index in [-0.39, 0.29) is 5.91 Å². The van der Waals surface area contributed by atoms with Gasteiger partial charge in [0.2, 0.25) is 5.91 Å². The van der Waals surface area contributed by atoms with Crippen LogP contribution in [0.25, 0.3) is 33.3 Å². The predicted molar refractivity (Wildman–Crippen MR) is 91.8 cm³/mol. The number of primary amides is 1. The average Bonchev–Trinajstić information content (AvgIpc) is 3.15. The van der Waals surface area contributed by atoms with Crippen LogP contribution in [0, 0.1) is 0 Å². The van der Waals surface area contributed by atoms with Crippen LogP contribution in [0.2, 0.25) is 0 Å². The number of aromatic nitrogens is 3. The van der Waals surface area contributed by atoms with Crippen LogP contribution in [-0.2, 0) is 0 Å². The zero-order chi connectivity index (χ0) is 16.8. The van der Waals surface area contributed by atoms with E-state index >= 15 is 0 Å². The Morgan fingerprint density at radius 2 is 1.92 bits per heavy atom. The summed E-state index contributed by atoms with van der Waals surface area (Å²) in [5.74, 6) is -0.00824. The van der Waals surface area contributed by atoms with E-state index in [1.807, 2.05) is 30.3 Å². The molecule has 24 heavy (non-hydrogen) atoms.